The third-order valence-electron chi connectivity index (χ3n) is 3.70. The molecule has 1 aromatic rings. The highest BCUT2D eigenvalue weighted by atomic mass is 79.9. The van der Waals surface area contributed by atoms with E-state index in [0.717, 1.165) is 12.2 Å². The van der Waals surface area contributed by atoms with Gasteiger partial charge in [0.25, 0.3) is 5.56 Å². The highest BCUT2D eigenvalue weighted by Gasteiger charge is 2.31. The van der Waals surface area contributed by atoms with E-state index in [1.807, 2.05) is 13.8 Å². The van der Waals surface area contributed by atoms with E-state index in [-0.39, 0.29) is 11.6 Å². The Labute approximate surface area is 116 Å². The lowest BCUT2D eigenvalue weighted by Gasteiger charge is -2.38. The van der Waals surface area contributed by atoms with Gasteiger partial charge in [0, 0.05) is 6.54 Å². The van der Waals surface area contributed by atoms with Crippen molar-refractivity contribution in [2.24, 2.45) is 5.41 Å². The molecule has 0 amide bonds. The van der Waals surface area contributed by atoms with Gasteiger partial charge in [-0.2, -0.15) is 5.10 Å². The van der Waals surface area contributed by atoms with Crippen LogP contribution in [-0.4, -0.2) is 16.3 Å². The predicted molar refractivity (Wildman–Crippen MR) is 77.0 cm³/mol. The summed E-state index contributed by atoms with van der Waals surface area (Å²) in [6.07, 6.45) is 5.56. The Hall–Kier alpha value is -0.840. The van der Waals surface area contributed by atoms with E-state index in [2.05, 4.69) is 33.3 Å². The van der Waals surface area contributed by atoms with Gasteiger partial charge in [-0.3, -0.25) is 4.79 Å². The van der Waals surface area contributed by atoms with Gasteiger partial charge in [0.2, 0.25) is 0 Å². The summed E-state index contributed by atoms with van der Waals surface area (Å²) in [5.41, 5.74) is 1.10. The average Bonchev–Trinajstić information content (AvgIpc) is 2.28. The molecular weight excluding hydrogens is 294 g/mol. The molecule has 0 bridgehead atoms. The number of rotatable bonds is 4. The Morgan fingerprint density at radius 3 is 2.72 bits per heavy atom. The van der Waals surface area contributed by atoms with Crippen LogP contribution in [0.5, 0.6) is 0 Å². The van der Waals surface area contributed by atoms with Crippen molar-refractivity contribution in [2.45, 2.75) is 46.1 Å². The van der Waals surface area contributed by atoms with Crippen LogP contribution in [0.2, 0.25) is 0 Å². The zero-order valence-electron chi connectivity index (χ0n) is 11.2. The maximum absolute atomic E-state index is 12.1. The lowest BCUT2D eigenvalue weighted by molar-refractivity contribution is 0.180. The Morgan fingerprint density at radius 2 is 2.22 bits per heavy atom. The van der Waals surface area contributed by atoms with Crippen molar-refractivity contribution in [1.82, 2.24) is 9.78 Å². The van der Waals surface area contributed by atoms with E-state index in [1.165, 1.54) is 23.9 Å². The third kappa shape index (κ3) is 2.60. The zero-order valence-corrected chi connectivity index (χ0v) is 12.7. The van der Waals surface area contributed by atoms with Gasteiger partial charge in [0.15, 0.2) is 0 Å². The van der Waals surface area contributed by atoms with Gasteiger partial charge in [0.1, 0.15) is 4.47 Å². The van der Waals surface area contributed by atoms with Crippen molar-refractivity contribution in [3.05, 3.63) is 21.0 Å². The number of nitrogens with one attached hydrogen (secondary N) is 1. The lowest BCUT2D eigenvalue weighted by atomic mass is 9.70. The molecule has 0 spiro atoms. The Balaban J connectivity index is 2.14. The zero-order chi connectivity index (χ0) is 13.3. The summed E-state index contributed by atoms with van der Waals surface area (Å²) in [5.74, 6) is 0. The number of halogens is 1. The van der Waals surface area contributed by atoms with Crippen LogP contribution in [0, 0.1) is 5.41 Å². The molecule has 0 saturated heterocycles. The topological polar surface area (TPSA) is 46.9 Å². The molecule has 0 unspecified atom stereocenters. The summed E-state index contributed by atoms with van der Waals surface area (Å²) < 4.78 is 2.06. The second-order valence-corrected chi connectivity index (χ2v) is 6.53. The molecule has 1 aliphatic carbocycles. The summed E-state index contributed by atoms with van der Waals surface area (Å²) in [4.78, 5) is 12.1. The highest BCUT2D eigenvalue weighted by molar-refractivity contribution is 9.10. The molecular formula is C13H20BrN3O. The lowest BCUT2D eigenvalue weighted by Crippen LogP contribution is -2.34. The van der Waals surface area contributed by atoms with Gasteiger partial charge in [-0.1, -0.05) is 13.3 Å². The van der Waals surface area contributed by atoms with E-state index in [1.54, 1.807) is 6.20 Å². The minimum Gasteiger partial charge on any atom is -0.382 e. The Kier molecular flexibility index (Phi) is 3.80. The summed E-state index contributed by atoms with van der Waals surface area (Å²) in [6.45, 7) is 7.07. The second kappa shape index (κ2) is 5.03. The van der Waals surface area contributed by atoms with Crippen LogP contribution < -0.4 is 10.9 Å². The number of nitrogens with zero attached hydrogens (tertiary/aromatic N) is 2. The van der Waals surface area contributed by atoms with Crippen LogP contribution in [0.3, 0.4) is 0 Å². The van der Waals surface area contributed by atoms with Gasteiger partial charge in [-0.15, -0.1) is 0 Å². The van der Waals surface area contributed by atoms with E-state index in [4.69, 9.17) is 0 Å². The number of anilines is 1. The quantitative estimate of drug-likeness (QED) is 0.928. The van der Waals surface area contributed by atoms with E-state index < -0.39 is 0 Å². The largest absolute Gasteiger partial charge is 0.382 e. The van der Waals surface area contributed by atoms with Crippen molar-refractivity contribution in [3.8, 4) is 0 Å². The van der Waals surface area contributed by atoms with Gasteiger partial charge in [-0.05, 0) is 48.0 Å². The van der Waals surface area contributed by atoms with Gasteiger partial charge < -0.3 is 5.32 Å². The number of hydrogen-bond acceptors (Lipinski definition) is 3. The van der Waals surface area contributed by atoms with Crippen molar-refractivity contribution in [3.63, 3.8) is 0 Å². The molecule has 4 nitrogen and oxygen atoms in total. The standard InChI is InChI=1S/C13H20BrN3O/c1-9(2)17-12(18)11(14)10(7-16-17)15-8-13(3)5-4-6-13/h7,9,15H,4-6,8H2,1-3H3. The maximum Gasteiger partial charge on any atom is 0.283 e. The molecule has 0 aliphatic heterocycles. The van der Waals surface area contributed by atoms with Crippen LogP contribution in [0.4, 0.5) is 5.69 Å². The molecule has 1 saturated carbocycles. The van der Waals surface area contributed by atoms with Crippen LogP contribution >= 0.6 is 15.9 Å². The third-order valence-corrected chi connectivity index (χ3v) is 4.47. The molecule has 1 N–H and O–H groups in total. The van der Waals surface area contributed by atoms with E-state index in [0.29, 0.717) is 9.89 Å². The van der Waals surface area contributed by atoms with E-state index in [9.17, 15) is 4.79 Å². The second-order valence-electron chi connectivity index (χ2n) is 5.73. The van der Waals surface area contributed by atoms with E-state index >= 15 is 0 Å². The Bertz CT molecular complexity index is 491. The van der Waals surface area contributed by atoms with Gasteiger partial charge in [0.05, 0.1) is 17.9 Å². The first kappa shape index (κ1) is 13.6. The van der Waals surface area contributed by atoms with Crippen LogP contribution in [-0.2, 0) is 0 Å². The van der Waals surface area contributed by atoms with Crippen LogP contribution in [0.25, 0.3) is 0 Å². The van der Waals surface area contributed by atoms with Crippen LogP contribution in [0.1, 0.15) is 46.1 Å². The average molecular weight is 314 g/mol. The first-order valence-electron chi connectivity index (χ1n) is 6.44. The molecule has 1 heterocycles. The first-order valence-corrected chi connectivity index (χ1v) is 7.23. The molecule has 18 heavy (non-hydrogen) atoms. The monoisotopic (exact) mass is 313 g/mol. The van der Waals surface area contributed by atoms with Crippen molar-refractivity contribution >= 4 is 21.6 Å². The fourth-order valence-electron chi connectivity index (χ4n) is 2.20. The number of aromatic nitrogens is 2. The normalized spacial score (nSPS) is 17.6. The predicted octanol–water partition coefficient (Wildman–Crippen LogP) is 3.19. The molecule has 100 valence electrons. The molecule has 5 heteroatoms. The summed E-state index contributed by atoms with van der Waals surface area (Å²) in [7, 11) is 0. The SMILES string of the molecule is CC(C)n1ncc(NCC2(C)CCC2)c(Br)c1=O. The minimum atomic E-state index is -0.0752. The molecule has 1 fully saturated rings. The fourth-order valence-corrected chi connectivity index (χ4v) is 2.63. The van der Waals surface area contributed by atoms with Crippen molar-refractivity contribution in [1.29, 1.82) is 0 Å². The smallest absolute Gasteiger partial charge is 0.283 e. The molecule has 2 rings (SSSR count). The molecule has 1 aromatic heterocycles. The van der Waals surface area contributed by atoms with Crippen molar-refractivity contribution < 1.29 is 0 Å². The first-order chi connectivity index (χ1) is 8.43. The summed E-state index contributed by atoms with van der Waals surface area (Å²) in [6, 6.07) is 0.0759. The van der Waals surface area contributed by atoms with Gasteiger partial charge in [-0.25, -0.2) is 4.68 Å². The molecule has 0 radical (unpaired) electrons. The number of hydrogen-bond donors (Lipinski definition) is 1. The maximum atomic E-state index is 12.1. The summed E-state index contributed by atoms with van der Waals surface area (Å²) in [5, 5.41) is 7.53. The fraction of sp³-hybridized carbons (Fsp3) is 0.692. The van der Waals surface area contributed by atoms with Crippen molar-refractivity contribution in [2.75, 3.05) is 11.9 Å². The van der Waals surface area contributed by atoms with Gasteiger partial charge >= 0.3 is 0 Å². The molecule has 0 atom stereocenters. The molecule has 0 aromatic carbocycles. The Morgan fingerprint density at radius 1 is 1.56 bits per heavy atom. The highest BCUT2D eigenvalue weighted by Crippen LogP contribution is 2.40. The van der Waals surface area contributed by atoms with Crippen LogP contribution in [0.15, 0.2) is 15.5 Å². The summed E-state index contributed by atoms with van der Waals surface area (Å²) >= 11 is 3.37. The molecule has 1 aliphatic rings. The minimum absolute atomic E-state index is 0.0752.